The molecule has 2 rings (SSSR count). The van der Waals surface area contributed by atoms with Crippen LogP contribution in [-0.4, -0.2) is 52.8 Å². The molecule has 0 saturated heterocycles. The van der Waals surface area contributed by atoms with Gasteiger partial charge in [0.1, 0.15) is 12.4 Å². The standard InChI is InChI=1S/C23H33NO3.Na.H/c1-8-10-19(24-27-9-2)23-20(25)11-18(12-21(23)26)22-16(6)14(4)13(3)15(5)17(22)7;;/h18,25H,8-12H2,1-7H3;;. The molecule has 1 atom stereocenters. The number of oxime groups is 1. The van der Waals surface area contributed by atoms with E-state index < -0.39 is 0 Å². The van der Waals surface area contributed by atoms with Crippen LogP contribution in [0.4, 0.5) is 0 Å². The molecule has 0 heterocycles. The topological polar surface area (TPSA) is 58.9 Å². The summed E-state index contributed by atoms with van der Waals surface area (Å²) in [4.78, 5) is 18.2. The Bertz CT molecular complexity index is 780. The molecular weight excluding hydrogens is 361 g/mol. The summed E-state index contributed by atoms with van der Waals surface area (Å²) in [5, 5.41) is 14.9. The summed E-state index contributed by atoms with van der Waals surface area (Å²) in [6.45, 7) is 15.0. The van der Waals surface area contributed by atoms with Crippen LogP contribution in [0.15, 0.2) is 16.5 Å². The first kappa shape index (κ1) is 24.9. The molecule has 150 valence electrons. The van der Waals surface area contributed by atoms with Gasteiger partial charge in [-0.2, -0.15) is 0 Å². The molecule has 0 amide bonds. The maximum atomic E-state index is 13.0. The third-order valence-corrected chi connectivity index (χ3v) is 5.98. The number of Topliss-reactive ketones (excluding diaryl/α,β-unsaturated/α-hetero) is 1. The van der Waals surface area contributed by atoms with E-state index in [1.165, 1.54) is 33.4 Å². The minimum absolute atomic E-state index is 0. The predicted octanol–water partition coefficient (Wildman–Crippen LogP) is 5.03. The second-order valence-corrected chi connectivity index (χ2v) is 7.59. The normalized spacial score (nSPS) is 17.6. The maximum absolute atomic E-state index is 13.0. The monoisotopic (exact) mass is 395 g/mol. The molecule has 0 aliphatic heterocycles. The quantitative estimate of drug-likeness (QED) is 0.417. The van der Waals surface area contributed by atoms with Crippen LogP contribution in [0.5, 0.6) is 0 Å². The van der Waals surface area contributed by atoms with Crippen LogP contribution in [0.1, 0.15) is 78.8 Å². The van der Waals surface area contributed by atoms with E-state index in [4.69, 9.17) is 4.84 Å². The second kappa shape index (κ2) is 10.6. The third-order valence-electron chi connectivity index (χ3n) is 5.98. The van der Waals surface area contributed by atoms with Gasteiger partial charge in [0.15, 0.2) is 5.78 Å². The molecule has 5 heteroatoms. The number of hydrogen-bond acceptors (Lipinski definition) is 4. The van der Waals surface area contributed by atoms with E-state index >= 15 is 0 Å². The Labute approximate surface area is 191 Å². The molecule has 4 nitrogen and oxygen atoms in total. The summed E-state index contributed by atoms with van der Waals surface area (Å²) in [6.07, 6.45) is 2.34. The molecule has 0 radical (unpaired) electrons. The van der Waals surface area contributed by atoms with Gasteiger partial charge >= 0.3 is 29.6 Å². The number of nitrogens with zero attached hydrogens (tertiary/aromatic N) is 1. The van der Waals surface area contributed by atoms with E-state index in [0.717, 1.165) is 6.42 Å². The van der Waals surface area contributed by atoms with Crippen LogP contribution >= 0.6 is 0 Å². The molecule has 0 bridgehead atoms. The number of aliphatic hydroxyl groups excluding tert-OH is 1. The van der Waals surface area contributed by atoms with Crippen molar-refractivity contribution in [3.63, 3.8) is 0 Å². The Morgan fingerprint density at radius 2 is 1.54 bits per heavy atom. The molecule has 0 fully saturated rings. The molecule has 1 aromatic carbocycles. The number of carbonyl (C=O) groups excluding carboxylic acids is 1. The number of hydrogen-bond donors (Lipinski definition) is 1. The van der Waals surface area contributed by atoms with E-state index in [-0.39, 0.29) is 47.0 Å². The van der Waals surface area contributed by atoms with E-state index in [1.54, 1.807) is 0 Å². The predicted molar refractivity (Wildman–Crippen MR) is 118 cm³/mol. The van der Waals surface area contributed by atoms with Crippen molar-refractivity contribution in [2.24, 2.45) is 5.16 Å². The first-order chi connectivity index (χ1) is 12.7. The number of allylic oxidation sites excluding steroid dienone is 2. The van der Waals surface area contributed by atoms with Gasteiger partial charge in [-0.25, -0.2) is 0 Å². The van der Waals surface area contributed by atoms with Crippen molar-refractivity contribution in [1.82, 2.24) is 0 Å². The van der Waals surface area contributed by atoms with Crippen molar-refractivity contribution in [3.8, 4) is 0 Å². The fourth-order valence-corrected chi connectivity index (χ4v) is 4.16. The molecule has 0 spiro atoms. The number of carbonyl (C=O) groups is 1. The zero-order valence-electron chi connectivity index (χ0n) is 17.8. The summed E-state index contributed by atoms with van der Waals surface area (Å²) in [6, 6.07) is 0. The average molecular weight is 396 g/mol. The van der Waals surface area contributed by atoms with Crippen LogP contribution < -0.4 is 0 Å². The van der Waals surface area contributed by atoms with Crippen molar-refractivity contribution in [3.05, 3.63) is 44.7 Å². The van der Waals surface area contributed by atoms with E-state index in [0.29, 0.717) is 37.2 Å². The molecule has 0 saturated carbocycles. The van der Waals surface area contributed by atoms with Crippen LogP contribution in [0, 0.1) is 34.6 Å². The zero-order valence-corrected chi connectivity index (χ0v) is 17.8. The molecular formula is C23H34NNaO3. The van der Waals surface area contributed by atoms with Crippen molar-refractivity contribution in [2.45, 2.75) is 80.1 Å². The second-order valence-electron chi connectivity index (χ2n) is 7.59. The Kier molecular flexibility index (Phi) is 9.45. The molecule has 1 unspecified atom stereocenters. The summed E-state index contributed by atoms with van der Waals surface area (Å²) in [5.41, 5.74) is 8.50. The SMILES string of the molecule is CCCC(=NOCC)C1=C(O)CC(c2c(C)c(C)c(C)c(C)c2C)CC1=O.[NaH]. The van der Waals surface area contributed by atoms with E-state index in [9.17, 15) is 9.90 Å². The van der Waals surface area contributed by atoms with E-state index in [2.05, 4.69) is 39.8 Å². The summed E-state index contributed by atoms with van der Waals surface area (Å²) in [5.74, 6) is 0.123. The summed E-state index contributed by atoms with van der Waals surface area (Å²) in [7, 11) is 0. The van der Waals surface area contributed by atoms with Gasteiger partial charge in [-0.05, 0) is 87.3 Å². The van der Waals surface area contributed by atoms with Gasteiger partial charge in [0.25, 0.3) is 0 Å². The Morgan fingerprint density at radius 3 is 2.00 bits per heavy atom. The molecule has 1 aliphatic rings. The summed E-state index contributed by atoms with van der Waals surface area (Å²) >= 11 is 0. The van der Waals surface area contributed by atoms with Crippen molar-refractivity contribution < 1.29 is 14.7 Å². The Balaban J connectivity index is 0.00000392. The molecule has 1 aliphatic carbocycles. The number of rotatable bonds is 6. The number of benzene rings is 1. The van der Waals surface area contributed by atoms with Gasteiger partial charge in [0.05, 0.1) is 11.3 Å². The first-order valence-corrected chi connectivity index (χ1v) is 9.95. The molecule has 0 aromatic heterocycles. The van der Waals surface area contributed by atoms with Crippen molar-refractivity contribution >= 4 is 41.1 Å². The van der Waals surface area contributed by atoms with Gasteiger partial charge in [0.2, 0.25) is 0 Å². The van der Waals surface area contributed by atoms with Crippen molar-refractivity contribution in [1.29, 1.82) is 0 Å². The molecule has 28 heavy (non-hydrogen) atoms. The third kappa shape index (κ3) is 4.90. The van der Waals surface area contributed by atoms with Gasteiger partial charge in [-0.3, -0.25) is 4.79 Å². The molecule has 1 aromatic rings. The van der Waals surface area contributed by atoms with Gasteiger partial charge in [0, 0.05) is 12.8 Å². The summed E-state index contributed by atoms with van der Waals surface area (Å²) < 4.78 is 0. The average Bonchev–Trinajstić information content (AvgIpc) is 2.62. The van der Waals surface area contributed by atoms with Crippen molar-refractivity contribution in [2.75, 3.05) is 6.61 Å². The number of aliphatic hydroxyl groups is 1. The fraction of sp³-hybridized carbons (Fsp3) is 0.565. The van der Waals surface area contributed by atoms with Gasteiger partial charge in [-0.1, -0.05) is 18.5 Å². The van der Waals surface area contributed by atoms with Crippen LogP contribution in [0.25, 0.3) is 0 Å². The van der Waals surface area contributed by atoms with Crippen LogP contribution in [-0.2, 0) is 9.63 Å². The van der Waals surface area contributed by atoms with Gasteiger partial charge < -0.3 is 9.94 Å². The Morgan fingerprint density at radius 1 is 1.00 bits per heavy atom. The fourth-order valence-electron chi connectivity index (χ4n) is 4.16. The Hall–Kier alpha value is -1.10. The number of ketones is 1. The first-order valence-electron chi connectivity index (χ1n) is 9.95. The van der Waals surface area contributed by atoms with Crippen LogP contribution in [0.2, 0.25) is 0 Å². The van der Waals surface area contributed by atoms with Crippen LogP contribution in [0.3, 0.4) is 0 Å². The van der Waals surface area contributed by atoms with E-state index in [1.807, 2.05) is 13.8 Å². The zero-order chi connectivity index (χ0) is 20.3. The van der Waals surface area contributed by atoms with Gasteiger partial charge in [-0.15, -0.1) is 0 Å². The minimum atomic E-state index is -0.0367. The molecule has 1 N–H and O–H groups in total.